The number of carbonyl (C=O) groups is 1. The molecule has 0 saturated carbocycles. The number of rotatable bonds is 1. The molecule has 0 aromatic heterocycles. The first-order valence-electron chi connectivity index (χ1n) is 5.65. The van der Waals surface area contributed by atoms with Crippen LogP contribution in [0.4, 0.5) is 11.4 Å². The van der Waals surface area contributed by atoms with Crippen LogP contribution in [0.15, 0.2) is 23.3 Å². The molecule has 1 amide bonds. The topological polar surface area (TPSA) is 61.9 Å². The Morgan fingerprint density at radius 2 is 2.24 bits per heavy atom. The van der Waals surface area contributed by atoms with Gasteiger partial charge in [0, 0.05) is 19.3 Å². The molecule has 5 heteroatoms. The van der Waals surface area contributed by atoms with E-state index in [2.05, 4.69) is 17.0 Å². The van der Waals surface area contributed by atoms with E-state index >= 15 is 0 Å². The standard InChI is InChI=1S/C12H14N4O/c1-15-5-4-8-6-9(2-3-10(8)15)16-12(17)7-11(13)14-16/h2-3,6H,4-5,7H2,1H3,(H2,13,14). The number of carbonyl (C=O) groups excluding carboxylic acids is 1. The molecular weight excluding hydrogens is 216 g/mol. The highest BCUT2D eigenvalue weighted by molar-refractivity contribution is 6.11. The number of benzene rings is 1. The summed E-state index contributed by atoms with van der Waals surface area (Å²) >= 11 is 0. The van der Waals surface area contributed by atoms with Crippen LogP contribution in [0.2, 0.25) is 0 Å². The lowest BCUT2D eigenvalue weighted by Crippen LogP contribution is -2.19. The second kappa shape index (κ2) is 3.48. The molecular formula is C12H14N4O. The highest BCUT2D eigenvalue weighted by Crippen LogP contribution is 2.31. The molecule has 2 aliphatic rings. The summed E-state index contributed by atoms with van der Waals surface area (Å²) in [6.45, 7) is 1.03. The zero-order chi connectivity index (χ0) is 12.0. The molecule has 0 saturated heterocycles. The highest BCUT2D eigenvalue weighted by Gasteiger charge is 2.25. The van der Waals surface area contributed by atoms with E-state index in [9.17, 15) is 4.79 Å². The van der Waals surface area contributed by atoms with Crippen molar-refractivity contribution in [2.45, 2.75) is 12.8 Å². The summed E-state index contributed by atoms with van der Waals surface area (Å²) in [5.74, 6) is 0.321. The maximum Gasteiger partial charge on any atom is 0.255 e. The summed E-state index contributed by atoms with van der Waals surface area (Å²) in [5.41, 5.74) is 8.87. The Kier molecular flexibility index (Phi) is 2.07. The number of fused-ring (bicyclic) bond motifs is 1. The first-order valence-corrected chi connectivity index (χ1v) is 5.65. The molecule has 0 fully saturated rings. The quantitative estimate of drug-likeness (QED) is 0.772. The molecule has 0 atom stereocenters. The van der Waals surface area contributed by atoms with Crippen molar-refractivity contribution in [3.8, 4) is 0 Å². The van der Waals surface area contributed by atoms with Crippen molar-refractivity contribution in [3.63, 3.8) is 0 Å². The number of hydrogen-bond acceptors (Lipinski definition) is 4. The minimum atomic E-state index is -0.0613. The van der Waals surface area contributed by atoms with E-state index in [1.807, 2.05) is 18.2 Å². The van der Waals surface area contributed by atoms with E-state index in [1.54, 1.807) is 0 Å². The highest BCUT2D eigenvalue weighted by atomic mass is 16.2. The summed E-state index contributed by atoms with van der Waals surface area (Å²) < 4.78 is 0. The van der Waals surface area contributed by atoms with Crippen LogP contribution >= 0.6 is 0 Å². The third-order valence-corrected chi connectivity index (χ3v) is 3.23. The SMILES string of the molecule is CN1CCc2cc(N3N=C(N)CC3=O)ccc21. The minimum absolute atomic E-state index is 0.0613. The Balaban J connectivity index is 1.98. The molecule has 2 heterocycles. The molecule has 2 aliphatic heterocycles. The minimum Gasteiger partial charge on any atom is -0.385 e. The Labute approximate surface area is 99.5 Å². The second-order valence-electron chi connectivity index (χ2n) is 4.46. The smallest absolute Gasteiger partial charge is 0.255 e. The van der Waals surface area contributed by atoms with Gasteiger partial charge >= 0.3 is 0 Å². The number of hydrogen-bond donors (Lipinski definition) is 1. The van der Waals surface area contributed by atoms with Crippen LogP contribution in [0.5, 0.6) is 0 Å². The average Bonchev–Trinajstić information content (AvgIpc) is 2.82. The van der Waals surface area contributed by atoms with Crippen molar-refractivity contribution >= 4 is 23.1 Å². The van der Waals surface area contributed by atoms with E-state index < -0.39 is 0 Å². The van der Waals surface area contributed by atoms with E-state index in [1.165, 1.54) is 16.3 Å². The molecule has 0 bridgehead atoms. The van der Waals surface area contributed by atoms with Gasteiger partial charge in [-0.15, -0.1) is 0 Å². The number of amides is 1. The maximum absolute atomic E-state index is 11.7. The van der Waals surface area contributed by atoms with Crippen LogP contribution in [0, 0.1) is 0 Å². The monoisotopic (exact) mass is 230 g/mol. The van der Waals surface area contributed by atoms with Crippen molar-refractivity contribution in [2.24, 2.45) is 10.8 Å². The first-order chi connectivity index (χ1) is 8.15. The second-order valence-corrected chi connectivity index (χ2v) is 4.46. The molecule has 0 spiro atoms. The number of nitrogens with zero attached hydrogens (tertiary/aromatic N) is 3. The van der Waals surface area contributed by atoms with Crippen molar-refractivity contribution in [1.82, 2.24) is 0 Å². The number of nitrogens with two attached hydrogens (primary N) is 1. The summed E-state index contributed by atoms with van der Waals surface area (Å²) in [5, 5.41) is 5.45. The molecule has 2 N–H and O–H groups in total. The van der Waals surface area contributed by atoms with E-state index in [0.717, 1.165) is 18.7 Å². The average molecular weight is 230 g/mol. The molecule has 17 heavy (non-hydrogen) atoms. The van der Waals surface area contributed by atoms with E-state index in [4.69, 9.17) is 5.73 Å². The fraction of sp³-hybridized carbons (Fsp3) is 0.333. The summed E-state index contributed by atoms with van der Waals surface area (Å²) in [7, 11) is 2.07. The fourth-order valence-electron chi connectivity index (χ4n) is 2.34. The van der Waals surface area contributed by atoms with Crippen LogP contribution in [0.25, 0.3) is 0 Å². The van der Waals surface area contributed by atoms with Crippen LogP contribution in [-0.4, -0.2) is 25.3 Å². The lowest BCUT2D eigenvalue weighted by atomic mass is 10.1. The molecule has 1 aromatic carbocycles. The lowest BCUT2D eigenvalue weighted by molar-refractivity contribution is -0.116. The molecule has 0 aliphatic carbocycles. The number of likely N-dealkylation sites (N-methyl/N-ethyl adjacent to an activating group) is 1. The zero-order valence-corrected chi connectivity index (χ0v) is 9.68. The number of amidine groups is 1. The van der Waals surface area contributed by atoms with Crippen LogP contribution in [0.3, 0.4) is 0 Å². The van der Waals surface area contributed by atoms with Gasteiger partial charge in [-0.1, -0.05) is 0 Å². The molecule has 0 radical (unpaired) electrons. The Hall–Kier alpha value is -2.04. The molecule has 3 rings (SSSR count). The predicted octanol–water partition coefficient (Wildman–Crippen LogP) is 0.688. The van der Waals surface area contributed by atoms with Crippen molar-refractivity contribution in [1.29, 1.82) is 0 Å². The largest absolute Gasteiger partial charge is 0.385 e. The normalized spacial score (nSPS) is 18.6. The summed E-state index contributed by atoms with van der Waals surface area (Å²) in [6.07, 6.45) is 1.23. The molecule has 1 aromatic rings. The maximum atomic E-state index is 11.7. The van der Waals surface area contributed by atoms with Crippen LogP contribution in [-0.2, 0) is 11.2 Å². The third-order valence-electron chi connectivity index (χ3n) is 3.23. The predicted molar refractivity (Wildman–Crippen MR) is 67.1 cm³/mol. The summed E-state index contributed by atoms with van der Waals surface area (Å²) in [4.78, 5) is 13.9. The van der Waals surface area contributed by atoms with E-state index in [0.29, 0.717) is 5.84 Å². The third kappa shape index (κ3) is 1.54. The van der Waals surface area contributed by atoms with Gasteiger partial charge in [-0.25, -0.2) is 0 Å². The zero-order valence-electron chi connectivity index (χ0n) is 9.68. The van der Waals surface area contributed by atoms with Gasteiger partial charge in [0.25, 0.3) is 5.91 Å². The van der Waals surface area contributed by atoms with Gasteiger partial charge in [-0.2, -0.15) is 10.1 Å². The molecule has 0 unspecified atom stereocenters. The Morgan fingerprint density at radius 1 is 1.41 bits per heavy atom. The fourth-order valence-corrected chi connectivity index (χ4v) is 2.34. The first kappa shape index (κ1) is 10.1. The van der Waals surface area contributed by atoms with Gasteiger partial charge in [-0.3, -0.25) is 4.79 Å². The molecule has 5 nitrogen and oxygen atoms in total. The van der Waals surface area contributed by atoms with Gasteiger partial charge in [-0.05, 0) is 30.2 Å². The Morgan fingerprint density at radius 3 is 2.94 bits per heavy atom. The van der Waals surface area contributed by atoms with Crippen LogP contribution in [0.1, 0.15) is 12.0 Å². The molecule has 88 valence electrons. The Bertz CT molecular complexity index is 523. The van der Waals surface area contributed by atoms with E-state index in [-0.39, 0.29) is 12.3 Å². The number of hydrazone groups is 1. The van der Waals surface area contributed by atoms with Crippen molar-refractivity contribution in [3.05, 3.63) is 23.8 Å². The van der Waals surface area contributed by atoms with Crippen molar-refractivity contribution < 1.29 is 4.79 Å². The summed E-state index contributed by atoms with van der Waals surface area (Å²) in [6, 6.07) is 5.98. The van der Waals surface area contributed by atoms with Gasteiger partial charge in [0.05, 0.1) is 12.1 Å². The van der Waals surface area contributed by atoms with Crippen LogP contribution < -0.4 is 15.6 Å². The lowest BCUT2D eigenvalue weighted by Gasteiger charge is -2.15. The van der Waals surface area contributed by atoms with Gasteiger partial charge in [0.15, 0.2) is 0 Å². The number of anilines is 2. The van der Waals surface area contributed by atoms with Gasteiger partial charge in [0.1, 0.15) is 5.84 Å². The van der Waals surface area contributed by atoms with Gasteiger partial charge in [0.2, 0.25) is 0 Å². The van der Waals surface area contributed by atoms with Crippen molar-refractivity contribution in [2.75, 3.05) is 23.5 Å². The van der Waals surface area contributed by atoms with Gasteiger partial charge < -0.3 is 10.6 Å².